The maximum absolute atomic E-state index is 9.63. The molecule has 94 valence electrons. The van der Waals surface area contributed by atoms with E-state index in [0.29, 0.717) is 17.1 Å². The van der Waals surface area contributed by atoms with Crippen molar-refractivity contribution in [2.45, 2.75) is 6.54 Å². The SMILES string of the molecule is Oc1ccc(CNc2ccc(Br)c(Cl)c2)c(O)c1. The number of rotatable bonds is 3. The van der Waals surface area contributed by atoms with Gasteiger partial charge in [0.1, 0.15) is 11.5 Å². The van der Waals surface area contributed by atoms with Gasteiger partial charge in [-0.05, 0) is 46.3 Å². The summed E-state index contributed by atoms with van der Waals surface area (Å²) in [7, 11) is 0. The lowest BCUT2D eigenvalue weighted by molar-refractivity contribution is 0.446. The van der Waals surface area contributed by atoms with Crippen molar-refractivity contribution in [3.05, 3.63) is 51.5 Å². The van der Waals surface area contributed by atoms with Gasteiger partial charge in [0.05, 0.1) is 5.02 Å². The monoisotopic (exact) mass is 327 g/mol. The Morgan fingerprint density at radius 3 is 2.56 bits per heavy atom. The minimum atomic E-state index is 0.0444. The Bertz CT molecular complexity index is 575. The van der Waals surface area contributed by atoms with Gasteiger partial charge >= 0.3 is 0 Å². The van der Waals surface area contributed by atoms with Gasteiger partial charge in [0, 0.05) is 28.3 Å². The Labute approximate surface area is 118 Å². The van der Waals surface area contributed by atoms with E-state index in [1.807, 2.05) is 12.1 Å². The summed E-state index contributed by atoms with van der Waals surface area (Å²) in [6.07, 6.45) is 0. The van der Waals surface area contributed by atoms with Crippen LogP contribution in [0.2, 0.25) is 5.02 Å². The van der Waals surface area contributed by atoms with Crippen molar-refractivity contribution in [3.8, 4) is 11.5 Å². The number of phenols is 2. The molecule has 0 aromatic heterocycles. The quantitative estimate of drug-likeness (QED) is 0.794. The second-order valence-electron chi connectivity index (χ2n) is 3.80. The fourth-order valence-electron chi connectivity index (χ4n) is 1.51. The molecule has 3 N–H and O–H groups in total. The Morgan fingerprint density at radius 2 is 1.89 bits per heavy atom. The van der Waals surface area contributed by atoms with Crippen molar-refractivity contribution in [2.75, 3.05) is 5.32 Å². The normalized spacial score (nSPS) is 10.3. The second kappa shape index (κ2) is 5.50. The second-order valence-corrected chi connectivity index (χ2v) is 5.06. The van der Waals surface area contributed by atoms with Crippen LogP contribution in [0.4, 0.5) is 5.69 Å². The van der Waals surface area contributed by atoms with E-state index in [2.05, 4.69) is 21.2 Å². The van der Waals surface area contributed by atoms with E-state index in [1.165, 1.54) is 12.1 Å². The lowest BCUT2D eigenvalue weighted by atomic mass is 10.2. The van der Waals surface area contributed by atoms with Gasteiger partial charge < -0.3 is 15.5 Å². The van der Waals surface area contributed by atoms with Gasteiger partial charge in [0.15, 0.2) is 0 Å². The van der Waals surface area contributed by atoms with Crippen LogP contribution in [0.3, 0.4) is 0 Å². The third-order valence-corrected chi connectivity index (χ3v) is 3.70. The van der Waals surface area contributed by atoms with E-state index in [-0.39, 0.29) is 11.5 Å². The van der Waals surface area contributed by atoms with Crippen LogP contribution in [0.1, 0.15) is 5.56 Å². The summed E-state index contributed by atoms with van der Waals surface area (Å²) in [6, 6.07) is 10.0. The molecule has 0 aliphatic heterocycles. The number of aromatic hydroxyl groups is 2. The number of phenolic OH excluding ortho intramolecular Hbond substituents is 2. The number of hydrogen-bond acceptors (Lipinski definition) is 3. The van der Waals surface area contributed by atoms with E-state index >= 15 is 0 Å². The van der Waals surface area contributed by atoms with E-state index in [0.717, 1.165) is 10.2 Å². The van der Waals surface area contributed by atoms with Crippen molar-refractivity contribution in [1.82, 2.24) is 0 Å². The Hall–Kier alpha value is -1.39. The fourth-order valence-corrected chi connectivity index (χ4v) is 1.93. The summed E-state index contributed by atoms with van der Waals surface area (Å²) in [4.78, 5) is 0. The topological polar surface area (TPSA) is 52.5 Å². The zero-order valence-corrected chi connectivity index (χ0v) is 11.7. The Morgan fingerprint density at radius 1 is 1.11 bits per heavy atom. The molecule has 0 saturated heterocycles. The summed E-state index contributed by atoms with van der Waals surface area (Å²) in [5, 5.41) is 22.6. The minimum absolute atomic E-state index is 0.0444. The van der Waals surface area contributed by atoms with Gasteiger partial charge in [-0.3, -0.25) is 0 Å². The van der Waals surface area contributed by atoms with Gasteiger partial charge in [0.2, 0.25) is 0 Å². The molecule has 0 atom stereocenters. The molecule has 0 unspecified atom stereocenters. The van der Waals surface area contributed by atoms with E-state index in [1.54, 1.807) is 12.1 Å². The molecule has 2 aromatic rings. The molecule has 0 spiro atoms. The average Bonchev–Trinajstić information content (AvgIpc) is 2.32. The zero-order valence-electron chi connectivity index (χ0n) is 9.32. The molecule has 18 heavy (non-hydrogen) atoms. The summed E-state index contributed by atoms with van der Waals surface area (Å²) < 4.78 is 0.835. The molecule has 0 fully saturated rings. The lowest BCUT2D eigenvalue weighted by Gasteiger charge is -2.09. The van der Waals surface area contributed by atoms with Crippen LogP contribution in [0.25, 0.3) is 0 Å². The number of benzene rings is 2. The fraction of sp³-hybridized carbons (Fsp3) is 0.0769. The maximum Gasteiger partial charge on any atom is 0.124 e. The molecule has 2 rings (SSSR count). The van der Waals surface area contributed by atoms with Gasteiger partial charge in [-0.25, -0.2) is 0 Å². The number of nitrogens with one attached hydrogen (secondary N) is 1. The van der Waals surface area contributed by atoms with E-state index in [4.69, 9.17) is 11.6 Å². The van der Waals surface area contributed by atoms with Crippen LogP contribution in [-0.2, 0) is 6.54 Å². The maximum atomic E-state index is 9.63. The first-order valence-corrected chi connectivity index (χ1v) is 6.43. The number of halogens is 2. The number of hydrogen-bond donors (Lipinski definition) is 3. The predicted octanol–water partition coefficient (Wildman–Crippen LogP) is 4.13. The summed E-state index contributed by atoms with van der Waals surface area (Å²) in [5.74, 6) is 0.105. The Balaban J connectivity index is 2.09. The largest absolute Gasteiger partial charge is 0.508 e. The van der Waals surface area contributed by atoms with Crippen molar-refractivity contribution < 1.29 is 10.2 Å². The molecular weight excluding hydrogens is 318 g/mol. The van der Waals surface area contributed by atoms with Gasteiger partial charge in [0.25, 0.3) is 0 Å². The molecule has 0 bridgehead atoms. The van der Waals surface area contributed by atoms with Gasteiger partial charge in [-0.15, -0.1) is 0 Å². The average molecular weight is 329 g/mol. The summed E-state index contributed by atoms with van der Waals surface area (Å²) in [5.41, 5.74) is 1.56. The highest BCUT2D eigenvalue weighted by Gasteiger charge is 2.03. The van der Waals surface area contributed by atoms with Crippen LogP contribution >= 0.6 is 27.5 Å². The van der Waals surface area contributed by atoms with Crippen molar-refractivity contribution in [1.29, 1.82) is 0 Å². The molecule has 0 amide bonds. The minimum Gasteiger partial charge on any atom is -0.508 e. The molecule has 0 saturated carbocycles. The smallest absolute Gasteiger partial charge is 0.124 e. The Kier molecular flexibility index (Phi) is 3.99. The van der Waals surface area contributed by atoms with Crippen LogP contribution in [0.15, 0.2) is 40.9 Å². The highest BCUT2D eigenvalue weighted by atomic mass is 79.9. The molecule has 0 aliphatic rings. The third-order valence-electron chi connectivity index (χ3n) is 2.47. The van der Waals surface area contributed by atoms with Crippen LogP contribution in [-0.4, -0.2) is 10.2 Å². The summed E-state index contributed by atoms with van der Waals surface area (Å²) in [6.45, 7) is 0.448. The van der Waals surface area contributed by atoms with E-state index in [9.17, 15) is 10.2 Å². The highest BCUT2D eigenvalue weighted by molar-refractivity contribution is 9.10. The standard InChI is InChI=1S/C13H11BrClNO2/c14-11-4-2-9(5-12(11)15)16-7-8-1-3-10(17)6-13(8)18/h1-6,16-18H,7H2. The third kappa shape index (κ3) is 3.09. The van der Waals surface area contributed by atoms with Gasteiger partial charge in [-0.2, -0.15) is 0 Å². The molecule has 5 heteroatoms. The van der Waals surface area contributed by atoms with Crippen LogP contribution < -0.4 is 5.32 Å². The molecule has 0 radical (unpaired) electrons. The lowest BCUT2D eigenvalue weighted by Crippen LogP contribution is -1.99. The first-order chi connectivity index (χ1) is 8.56. The van der Waals surface area contributed by atoms with Crippen molar-refractivity contribution >= 4 is 33.2 Å². The summed E-state index contributed by atoms with van der Waals surface area (Å²) >= 11 is 9.30. The predicted molar refractivity (Wildman–Crippen MR) is 76.3 cm³/mol. The van der Waals surface area contributed by atoms with Gasteiger partial charge in [-0.1, -0.05) is 11.6 Å². The molecule has 0 heterocycles. The van der Waals surface area contributed by atoms with Crippen molar-refractivity contribution in [3.63, 3.8) is 0 Å². The molecule has 0 aliphatic carbocycles. The highest BCUT2D eigenvalue weighted by Crippen LogP contribution is 2.27. The first-order valence-electron chi connectivity index (χ1n) is 5.26. The molecule has 2 aromatic carbocycles. The van der Waals surface area contributed by atoms with Crippen LogP contribution in [0, 0.1) is 0 Å². The zero-order chi connectivity index (χ0) is 13.1. The first kappa shape index (κ1) is 13.1. The molecular formula is C13H11BrClNO2. The van der Waals surface area contributed by atoms with E-state index < -0.39 is 0 Å². The van der Waals surface area contributed by atoms with Crippen molar-refractivity contribution in [2.24, 2.45) is 0 Å². The number of anilines is 1. The van der Waals surface area contributed by atoms with Crippen LogP contribution in [0.5, 0.6) is 11.5 Å². The molecule has 3 nitrogen and oxygen atoms in total.